The molecule has 106 valence electrons. The van der Waals surface area contributed by atoms with E-state index in [-0.39, 0.29) is 6.03 Å². The topological polar surface area (TPSA) is 52.6 Å². The van der Waals surface area contributed by atoms with E-state index in [0.29, 0.717) is 19.6 Å². The molecule has 0 saturated heterocycles. The van der Waals surface area contributed by atoms with E-state index in [2.05, 4.69) is 5.32 Å². The van der Waals surface area contributed by atoms with Gasteiger partial charge in [-0.15, -0.1) is 0 Å². The summed E-state index contributed by atoms with van der Waals surface area (Å²) in [6.45, 7) is 8.72. The van der Waals surface area contributed by atoms with Gasteiger partial charge in [-0.2, -0.15) is 0 Å². The van der Waals surface area contributed by atoms with Gasteiger partial charge in [0.2, 0.25) is 0 Å². The van der Waals surface area contributed by atoms with Crippen LogP contribution < -0.4 is 5.32 Å². The first kappa shape index (κ1) is 15.5. The Kier molecular flexibility index (Phi) is 5.36. The highest BCUT2D eigenvalue weighted by Crippen LogP contribution is 2.06. The number of hydrogen-bond donors (Lipinski definition) is 2. The lowest BCUT2D eigenvalue weighted by Gasteiger charge is -2.28. The monoisotopic (exact) mass is 264 g/mol. The zero-order chi connectivity index (χ0) is 14.5. The van der Waals surface area contributed by atoms with Gasteiger partial charge in [0.15, 0.2) is 0 Å². The second-order valence-electron chi connectivity index (χ2n) is 5.47. The quantitative estimate of drug-likeness (QED) is 0.857. The first-order chi connectivity index (χ1) is 8.81. The Labute approximate surface area is 115 Å². The van der Waals surface area contributed by atoms with Crippen molar-refractivity contribution >= 4 is 6.03 Å². The summed E-state index contributed by atoms with van der Waals surface area (Å²) in [6, 6.07) is 7.89. The van der Waals surface area contributed by atoms with Crippen LogP contribution in [0.1, 0.15) is 31.9 Å². The van der Waals surface area contributed by atoms with Gasteiger partial charge < -0.3 is 15.3 Å². The van der Waals surface area contributed by atoms with Crippen molar-refractivity contribution in [3.8, 4) is 0 Å². The number of carbonyl (C=O) groups excluding carboxylic acids is 1. The Morgan fingerprint density at radius 2 is 2.11 bits per heavy atom. The third kappa shape index (κ3) is 5.75. The van der Waals surface area contributed by atoms with E-state index < -0.39 is 5.60 Å². The second kappa shape index (κ2) is 6.57. The summed E-state index contributed by atoms with van der Waals surface area (Å²) in [5.41, 5.74) is 1.37. The molecular formula is C15H24N2O2. The van der Waals surface area contributed by atoms with Crippen LogP contribution in [-0.4, -0.2) is 34.7 Å². The summed E-state index contributed by atoms with van der Waals surface area (Å²) in [7, 11) is 0. The van der Waals surface area contributed by atoms with Crippen LogP contribution in [0.15, 0.2) is 24.3 Å². The van der Waals surface area contributed by atoms with Crippen molar-refractivity contribution in [2.75, 3.05) is 13.1 Å². The maximum Gasteiger partial charge on any atom is 0.317 e. The van der Waals surface area contributed by atoms with E-state index in [4.69, 9.17) is 0 Å². The SMILES string of the molecule is CCN(CC(C)(C)O)C(=O)NCc1cccc(C)c1. The van der Waals surface area contributed by atoms with Gasteiger partial charge in [0.1, 0.15) is 0 Å². The number of rotatable bonds is 5. The Hall–Kier alpha value is -1.55. The highest BCUT2D eigenvalue weighted by atomic mass is 16.3. The van der Waals surface area contributed by atoms with Gasteiger partial charge in [0.05, 0.1) is 12.1 Å². The van der Waals surface area contributed by atoms with E-state index in [1.807, 2.05) is 38.1 Å². The number of urea groups is 1. The molecule has 4 nitrogen and oxygen atoms in total. The number of likely N-dealkylation sites (N-methyl/N-ethyl adjacent to an activating group) is 1. The molecule has 1 aromatic rings. The van der Waals surface area contributed by atoms with Gasteiger partial charge in [-0.25, -0.2) is 4.79 Å². The standard InChI is InChI=1S/C15H24N2O2/c1-5-17(11-15(3,4)19)14(18)16-10-13-8-6-7-12(2)9-13/h6-9,19H,5,10-11H2,1-4H3,(H,16,18). The van der Waals surface area contributed by atoms with Crippen LogP contribution in [0.25, 0.3) is 0 Å². The van der Waals surface area contributed by atoms with Crippen molar-refractivity contribution in [3.63, 3.8) is 0 Å². The van der Waals surface area contributed by atoms with Crippen LogP contribution in [0, 0.1) is 6.92 Å². The van der Waals surface area contributed by atoms with E-state index in [1.165, 1.54) is 5.56 Å². The molecule has 2 N–H and O–H groups in total. The number of carbonyl (C=O) groups is 1. The summed E-state index contributed by atoms with van der Waals surface area (Å²) >= 11 is 0. The highest BCUT2D eigenvalue weighted by molar-refractivity contribution is 5.74. The smallest absolute Gasteiger partial charge is 0.317 e. The molecule has 0 fully saturated rings. The molecule has 1 rings (SSSR count). The molecule has 2 amide bonds. The van der Waals surface area contributed by atoms with Crippen LogP contribution in [0.2, 0.25) is 0 Å². The lowest BCUT2D eigenvalue weighted by molar-refractivity contribution is 0.0480. The first-order valence-corrected chi connectivity index (χ1v) is 6.62. The largest absolute Gasteiger partial charge is 0.389 e. The molecular weight excluding hydrogens is 240 g/mol. The minimum atomic E-state index is -0.878. The average molecular weight is 264 g/mol. The highest BCUT2D eigenvalue weighted by Gasteiger charge is 2.20. The van der Waals surface area contributed by atoms with E-state index in [9.17, 15) is 9.90 Å². The predicted octanol–water partition coefficient (Wildman–Crippen LogP) is 2.30. The van der Waals surface area contributed by atoms with Crippen molar-refractivity contribution in [2.24, 2.45) is 0 Å². The number of hydrogen-bond acceptors (Lipinski definition) is 2. The Bertz CT molecular complexity index is 424. The molecule has 0 aromatic heterocycles. The van der Waals surface area contributed by atoms with Crippen LogP contribution >= 0.6 is 0 Å². The lowest BCUT2D eigenvalue weighted by atomic mass is 10.1. The number of aliphatic hydroxyl groups is 1. The average Bonchev–Trinajstić information content (AvgIpc) is 2.32. The lowest BCUT2D eigenvalue weighted by Crippen LogP contribution is -2.46. The molecule has 0 saturated carbocycles. The van der Waals surface area contributed by atoms with Crippen LogP contribution in [-0.2, 0) is 6.54 Å². The molecule has 1 aromatic carbocycles. The maximum absolute atomic E-state index is 12.0. The number of nitrogens with one attached hydrogen (secondary N) is 1. The molecule has 19 heavy (non-hydrogen) atoms. The third-order valence-corrected chi connectivity index (χ3v) is 2.77. The van der Waals surface area contributed by atoms with Gasteiger partial charge in [-0.1, -0.05) is 29.8 Å². The molecule has 0 unspecified atom stereocenters. The normalized spacial score (nSPS) is 11.2. The molecule has 0 bridgehead atoms. The van der Waals surface area contributed by atoms with Crippen molar-refractivity contribution in [1.82, 2.24) is 10.2 Å². The Balaban J connectivity index is 2.54. The predicted molar refractivity (Wildman–Crippen MR) is 77.0 cm³/mol. The molecule has 0 aliphatic rings. The minimum absolute atomic E-state index is 0.147. The van der Waals surface area contributed by atoms with Crippen LogP contribution in [0.5, 0.6) is 0 Å². The maximum atomic E-state index is 12.0. The van der Waals surface area contributed by atoms with Gasteiger partial charge in [-0.05, 0) is 33.3 Å². The van der Waals surface area contributed by atoms with E-state index >= 15 is 0 Å². The molecule has 4 heteroatoms. The number of aryl methyl sites for hydroxylation is 1. The van der Waals surface area contributed by atoms with Crippen LogP contribution in [0.4, 0.5) is 4.79 Å². The van der Waals surface area contributed by atoms with E-state index in [0.717, 1.165) is 5.56 Å². The third-order valence-electron chi connectivity index (χ3n) is 2.77. The summed E-state index contributed by atoms with van der Waals surface area (Å²) in [5.74, 6) is 0. The summed E-state index contributed by atoms with van der Waals surface area (Å²) in [4.78, 5) is 13.6. The number of benzene rings is 1. The molecule has 0 spiro atoms. The minimum Gasteiger partial charge on any atom is -0.389 e. The second-order valence-corrected chi connectivity index (χ2v) is 5.47. The molecule has 0 radical (unpaired) electrons. The first-order valence-electron chi connectivity index (χ1n) is 6.62. The number of amides is 2. The van der Waals surface area contributed by atoms with Crippen molar-refractivity contribution < 1.29 is 9.90 Å². The van der Waals surface area contributed by atoms with Gasteiger partial charge in [0, 0.05) is 13.1 Å². The van der Waals surface area contributed by atoms with Crippen LogP contribution in [0.3, 0.4) is 0 Å². The summed E-state index contributed by atoms with van der Waals surface area (Å²) < 4.78 is 0. The number of nitrogens with zero attached hydrogens (tertiary/aromatic N) is 1. The Morgan fingerprint density at radius 3 is 2.63 bits per heavy atom. The fraction of sp³-hybridized carbons (Fsp3) is 0.533. The van der Waals surface area contributed by atoms with Gasteiger partial charge in [0.25, 0.3) is 0 Å². The fourth-order valence-electron chi connectivity index (χ4n) is 1.91. The van der Waals surface area contributed by atoms with Gasteiger partial charge in [-0.3, -0.25) is 0 Å². The summed E-state index contributed by atoms with van der Waals surface area (Å²) in [6.07, 6.45) is 0. The van der Waals surface area contributed by atoms with E-state index in [1.54, 1.807) is 18.7 Å². The zero-order valence-corrected chi connectivity index (χ0v) is 12.2. The van der Waals surface area contributed by atoms with Crippen molar-refractivity contribution in [3.05, 3.63) is 35.4 Å². The molecule has 0 heterocycles. The summed E-state index contributed by atoms with van der Waals surface area (Å²) in [5, 5.41) is 12.6. The zero-order valence-electron chi connectivity index (χ0n) is 12.2. The Morgan fingerprint density at radius 1 is 1.42 bits per heavy atom. The molecule has 0 atom stereocenters. The van der Waals surface area contributed by atoms with Gasteiger partial charge >= 0.3 is 6.03 Å². The fourth-order valence-corrected chi connectivity index (χ4v) is 1.91. The molecule has 0 aliphatic heterocycles. The van der Waals surface area contributed by atoms with Crippen molar-refractivity contribution in [2.45, 2.75) is 39.8 Å². The van der Waals surface area contributed by atoms with Crippen molar-refractivity contribution in [1.29, 1.82) is 0 Å². The molecule has 0 aliphatic carbocycles.